The number of alkyl halides is 6. The fourth-order valence-corrected chi connectivity index (χ4v) is 5.19. The van der Waals surface area contributed by atoms with Gasteiger partial charge in [0.1, 0.15) is 0 Å². The van der Waals surface area contributed by atoms with Crippen molar-refractivity contribution in [2.75, 3.05) is 13.1 Å². The molecule has 33 heavy (non-hydrogen) atoms. The highest BCUT2D eigenvalue weighted by atomic mass is 19.4. The van der Waals surface area contributed by atoms with Gasteiger partial charge in [-0.2, -0.15) is 26.3 Å². The lowest BCUT2D eigenvalue weighted by Gasteiger charge is -2.21. The van der Waals surface area contributed by atoms with E-state index in [4.69, 9.17) is 0 Å². The summed E-state index contributed by atoms with van der Waals surface area (Å²) < 4.78 is 80.2. The third-order valence-corrected chi connectivity index (χ3v) is 6.67. The van der Waals surface area contributed by atoms with E-state index in [1.165, 1.54) is 16.5 Å². The zero-order chi connectivity index (χ0) is 23.5. The number of carbonyl (C=O) groups is 1. The molecule has 0 bridgehead atoms. The van der Waals surface area contributed by atoms with E-state index in [-0.39, 0.29) is 29.2 Å². The summed E-state index contributed by atoms with van der Waals surface area (Å²) in [6.07, 6.45) is -6.76. The molecule has 1 aromatic carbocycles. The summed E-state index contributed by atoms with van der Waals surface area (Å²) in [6, 6.07) is 7.28. The van der Waals surface area contributed by atoms with Crippen LogP contribution in [0.15, 0.2) is 42.6 Å². The van der Waals surface area contributed by atoms with Crippen molar-refractivity contribution < 1.29 is 31.1 Å². The molecule has 1 saturated heterocycles. The molecule has 11 heteroatoms. The van der Waals surface area contributed by atoms with Gasteiger partial charge in [-0.25, -0.2) is 0 Å². The van der Waals surface area contributed by atoms with Gasteiger partial charge in [0.25, 0.3) is 5.91 Å². The molecule has 3 aromatic rings. The van der Waals surface area contributed by atoms with Crippen LogP contribution in [-0.2, 0) is 12.4 Å². The number of amides is 1. The third-order valence-electron chi connectivity index (χ3n) is 6.67. The van der Waals surface area contributed by atoms with Crippen molar-refractivity contribution in [2.45, 2.75) is 31.1 Å². The van der Waals surface area contributed by atoms with Crippen LogP contribution in [0.3, 0.4) is 0 Å². The average Bonchev–Trinajstić information content (AvgIpc) is 3.44. The minimum absolute atomic E-state index is 0.0521. The minimum Gasteiger partial charge on any atom is -0.335 e. The maximum atomic E-state index is 13.4. The predicted molar refractivity (Wildman–Crippen MR) is 104 cm³/mol. The first kappa shape index (κ1) is 21.7. The summed E-state index contributed by atoms with van der Waals surface area (Å²) in [5, 5.41) is 7.49. The first-order chi connectivity index (χ1) is 15.5. The molecule has 3 heterocycles. The Morgan fingerprint density at radius 2 is 1.58 bits per heavy atom. The monoisotopic (exact) mass is 468 g/mol. The molecule has 1 aliphatic heterocycles. The van der Waals surface area contributed by atoms with Gasteiger partial charge in [-0.05, 0) is 54.4 Å². The average molecular weight is 468 g/mol. The lowest BCUT2D eigenvalue weighted by Crippen LogP contribution is -2.31. The number of nitrogens with zero attached hydrogens (tertiary/aromatic N) is 4. The van der Waals surface area contributed by atoms with Gasteiger partial charge in [0.2, 0.25) is 5.82 Å². The Labute approximate surface area is 184 Å². The van der Waals surface area contributed by atoms with Crippen LogP contribution in [0.25, 0.3) is 5.65 Å². The molecule has 2 fully saturated rings. The second kappa shape index (κ2) is 7.46. The quantitative estimate of drug-likeness (QED) is 0.496. The van der Waals surface area contributed by atoms with Gasteiger partial charge < -0.3 is 4.90 Å². The molecule has 1 saturated carbocycles. The van der Waals surface area contributed by atoms with Crippen molar-refractivity contribution in [3.8, 4) is 0 Å². The molecule has 2 aliphatic rings. The topological polar surface area (TPSA) is 50.5 Å². The van der Waals surface area contributed by atoms with E-state index < -0.39 is 29.4 Å². The van der Waals surface area contributed by atoms with Crippen LogP contribution in [0.2, 0.25) is 0 Å². The number of aromatic nitrogens is 3. The SMILES string of the molecule is O=C(c1nnc2cc(C(F)(F)F)ccn12)N1CC2CC(c3ccccc3C(F)(F)F)C[C@@H]2C1. The molecule has 0 spiro atoms. The Bertz CT molecular complexity index is 1200. The molecule has 2 aromatic heterocycles. The number of halogens is 6. The van der Waals surface area contributed by atoms with E-state index in [2.05, 4.69) is 10.2 Å². The Hall–Kier alpha value is -3.11. The van der Waals surface area contributed by atoms with Crippen molar-refractivity contribution in [2.24, 2.45) is 11.8 Å². The normalized spacial score (nSPS) is 23.3. The molecular weight excluding hydrogens is 450 g/mol. The fraction of sp³-hybridized carbons (Fsp3) is 0.409. The van der Waals surface area contributed by atoms with Crippen molar-refractivity contribution in [3.05, 3.63) is 65.1 Å². The fourth-order valence-electron chi connectivity index (χ4n) is 5.19. The highest BCUT2D eigenvalue weighted by Crippen LogP contribution is 2.49. The molecule has 0 radical (unpaired) electrons. The number of benzene rings is 1. The van der Waals surface area contributed by atoms with Gasteiger partial charge in [0.15, 0.2) is 5.65 Å². The first-order valence-corrected chi connectivity index (χ1v) is 10.4. The molecule has 0 N–H and O–H groups in total. The van der Waals surface area contributed by atoms with Gasteiger partial charge in [-0.15, -0.1) is 10.2 Å². The third kappa shape index (κ3) is 3.83. The number of hydrogen-bond donors (Lipinski definition) is 0. The van der Waals surface area contributed by atoms with Crippen LogP contribution in [0.1, 0.15) is 46.1 Å². The summed E-state index contributed by atoms with van der Waals surface area (Å²) in [4.78, 5) is 14.6. The van der Waals surface area contributed by atoms with E-state index in [1.807, 2.05) is 0 Å². The molecule has 3 atom stereocenters. The number of likely N-dealkylation sites (tertiary alicyclic amines) is 1. The number of rotatable bonds is 2. The van der Waals surface area contributed by atoms with Crippen LogP contribution in [-0.4, -0.2) is 38.5 Å². The smallest absolute Gasteiger partial charge is 0.335 e. The van der Waals surface area contributed by atoms with Crippen molar-refractivity contribution >= 4 is 11.6 Å². The van der Waals surface area contributed by atoms with Crippen LogP contribution >= 0.6 is 0 Å². The molecule has 5 nitrogen and oxygen atoms in total. The maximum Gasteiger partial charge on any atom is 0.416 e. The maximum absolute atomic E-state index is 13.4. The molecule has 1 aliphatic carbocycles. The first-order valence-electron chi connectivity index (χ1n) is 10.4. The number of fused-ring (bicyclic) bond motifs is 2. The van der Waals surface area contributed by atoms with E-state index in [0.29, 0.717) is 31.5 Å². The van der Waals surface area contributed by atoms with Gasteiger partial charge >= 0.3 is 12.4 Å². The number of pyridine rings is 1. The Kier molecular flexibility index (Phi) is 4.91. The second-order valence-corrected chi connectivity index (χ2v) is 8.65. The van der Waals surface area contributed by atoms with Crippen molar-refractivity contribution in [1.29, 1.82) is 0 Å². The van der Waals surface area contributed by atoms with E-state index >= 15 is 0 Å². The summed E-state index contributed by atoms with van der Waals surface area (Å²) in [5.41, 5.74) is -1.30. The zero-order valence-corrected chi connectivity index (χ0v) is 17.1. The van der Waals surface area contributed by atoms with Crippen LogP contribution in [0, 0.1) is 11.8 Å². The predicted octanol–water partition coefficient (Wildman–Crippen LogP) is 5.03. The van der Waals surface area contributed by atoms with Crippen LogP contribution in [0.5, 0.6) is 0 Å². The highest BCUT2D eigenvalue weighted by Gasteiger charge is 2.45. The Morgan fingerprint density at radius 3 is 2.21 bits per heavy atom. The van der Waals surface area contributed by atoms with Crippen molar-refractivity contribution in [3.63, 3.8) is 0 Å². The number of hydrogen-bond acceptors (Lipinski definition) is 3. The summed E-state index contributed by atoms with van der Waals surface area (Å²) in [5.74, 6) is -0.668. The van der Waals surface area contributed by atoms with Gasteiger partial charge in [0.05, 0.1) is 11.1 Å². The Balaban J connectivity index is 1.32. The van der Waals surface area contributed by atoms with Gasteiger partial charge in [0, 0.05) is 19.3 Å². The summed E-state index contributed by atoms with van der Waals surface area (Å²) >= 11 is 0. The molecule has 1 amide bonds. The van der Waals surface area contributed by atoms with Crippen LogP contribution in [0.4, 0.5) is 26.3 Å². The highest BCUT2D eigenvalue weighted by molar-refractivity contribution is 5.91. The zero-order valence-electron chi connectivity index (χ0n) is 17.1. The van der Waals surface area contributed by atoms with E-state index in [9.17, 15) is 31.1 Å². The molecule has 2 unspecified atom stereocenters. The van der Waals surface area contributed by atoms with E-state index in [0.717, 1.165) is 24.4 Å². The molecule has 174 valence electrons. The summed E-state index contributed by atoms with van der Waals surface area (Å²) in [7, 11) is 0. The van der Waals surface area contributed by atoms with Crippen molar-refractivity contribution in [1.82, 2.24) is 19.5 Å². The summed E-state index contributed by atoms with van der Waals surface area (Å²) in [6.45, 7) is 0.730. The molecular formula is C22H18F6N4O. The number of carbonyl (C=O) groups excluding carboxylic acids is 1. The lowest BCUT2D eigenvalue weighted by atomic mass is 9.91. The Morgan fingerprint density at radius 1 is 0.909 bits per heavy atom. The van der Waals surface area contributed by atoms with Crippen LogP contribution < -0.4 is 0 Å². The minimum atomic E-state index is -4.54. The standard InChI is InChI=1S/C22H18F6N4O/c23-21(24,25)15-5-6-32-18(9-15)29-30-19(32)20(33)31-10-13-7-12(8-14(13)11-31)16-3-1-2-4-17(16)22(26,27)28/h1-6,9,12-14H,7-8,10-11H2/t12?,13-,14?/m1/s1. The lowest BCUT2D eigenvalue weighted by molar-refractivity contribution is -0.138. The largest absolute Gasteiger partial charge is 0.416 e. The molecule has 5 rings (SSSR count). The van der Waals surface area contributed by atoms with E-state index in [1.54, 1.807) is 11.0 Å². The second-order valence-electron chi connectivity index (χ2n) is 8.65. The van der Waals surface area contributed by atoms with Gasteiger partial charge in [-0.3, -0.25) is 9.20 Å². The van der Waals surface area contributed by atoms with Gasteiger partial charge in [-0.1, -0.05) is 18.2 Å².